The first-order valence-corrected chi connectivity index (χ1v) is 9.79. The van der Waals surface area contributed by atoms with Crippen molar-refractivity contribution in [3.63, 3.8) is 0 Å². The summed E-state index contributed by atoms with van der Waals surface area (Å²) in [5.74, 6) is -1.38. The summed E-state index contributed by atoms with van der Waals surface area (Å²) in [4.78, 5) is 40.2. The Morgan fingerprint density at radius 3 is 2.60 bits per heavy atom. The maximum absolute atomic E-state index is 13.2. The van der Waals surface area contributed by atoms with Crippen LogP contribution in [0.1, 0.15) is 33.6 Å². The Hall–Kier alpha value is -1.28. The summed E-state index contributed by atoms with van der Waals surface area (Å²) < 4.78 is -0.568. The van der Waals surface area contributed by atoms with E-state index < -0.39 is 28.7 Å². The summed E-state index contributed by atoms with van der Waals surface area (Å²) in [6, 6.07) is -1.14. The maximum atomic E-state index is 13.2. The van der Waals surface area contributed by atoms with Crippen molar-refractivity contribution in [2.75, 3.05) is 13.7 Å². The molecule has 0 aromatic rings. The predicted octanol–water partition coefficient (Wildman–Crippen LogP) is -0.271. The zero-order valence-corrected chi connectivity index (χ0v) is 15.9. The Labute approximate surface area is 152 Å². The van der Waals surface area contributed by atoms with E-state index in [1.54, 1.807) is 25.7 Å². The number of hydrogen-bond donors (Lipinski definition) is 3. The molecule has 0 radical (unpaired) electrons. The van der Waals surface area contributed by atoms with Gasteiger partial charge < -0.3 is 20.6 Å². The van der Waals surface area contributed by atoms with Crippen molar-refractivity contribution in [3.8, 4) is 0 Å². The molecule has 3 fully saturated rings. The molecule has 3 rings (SSSR count). The number of likely N-dealkylation sites (tertiary alicyclic amines) is 1. The van der Waals surface area contributed by atoms with Crippen LogP contribution in [-0.4, -0.2) is 69.5 Å². The Morgan fingerprint density at radius 2 is 2.04 bits per heavy atom. The third-order valence-electron chi connectivity index (χ3n) is 5.71. The maximum Gasteiger partial charge on any atom is 0.244 e. The molecule has 140 valence electrons. The molecule has 2 bridgehead atoms. The van der Waals surface area contributed by atoms with E-state index in [0.29, 0.717) is 0 Å². The summed E-state index contributed by atoms with van der Waals surface area (Å²) in [5.41, 5.74) is 0. The van der Waals surface area contributed by atoms with Gasteiger partial charge in [0.05, 0.1) is 29.2 Å². The van der Waals surface area contributed by atoms with E-state index in [4.69, 9.17) is 0 Å². The van der Waals surface area contributed by atoms with E-state index >= 15 is 0 Å². The number of nitrogens with one attached hydrogen (secondary N) is 2. The van der Waals surface area contributed by atoms with Crippen molar-refractivity contribution in [2.45, 2.75) is 61.7 Å². The number of fused-ring (bicyclic) bond motifs is 1. The second-order valence-electron chi connectivity index (χ2n) is 7.61. The topological polar surface area (TPSA) is 98.7 Å². The molecule has 3 heterocycles. The molecule has 7 nitrogen and oxygen atoms in total. The zero-order valence-electron chi connectivity index (χ0n) is 15.1. The fourth-order valence-electron chi connectivity index (χ4n) is 4.78. The van der Waals surface area contributed by atoms with Gasteiger partial charge in [-0.3, -0.25) is 14.4 Å². The first kappa shape index (κ1) is 18.5. The molecule has 3 aliphatic heterocycles. The fourth-order valence-corrected chi connectivity index (χ4v) is 6.99. The highest BCUT2D eigenvalue weighted by atomic mass is 32.2. The normalized spacial score (nSPS) is 37.4. The number of nitrogens with zero attached hydrogens (tertiary/aromatic N) is 1. The third-order valence-corrected chi connectivity index (χ3v) is 7.66. The molecule has 2 unspecified atom stereocenters. The SMILES string of the molecule is CNC(=O)[C@@H]1[C@@H]2CCC3(S2)C(C(=O)NC(C)C)N([C@H](C)CO)C(=O)[C@H]13. The molecule has 25 heavy (non-hydrogen) atoms. The van der Waals surface area contributed by atoms with Crippen LogP contribution in [0.5, 0.6) is 0 Å². The standard InChI is InChI=1S/C17H27N3O4S/c1-8(2)19-15(23)13-17-6-5-10(25-17)11(14(22)18-4)12(17)16(24)20(13)9(3)7-21/h8-13,21H,5-7H2,1-4H3,(H,18,22)(H,19,23)/t9-,10+,11-,12+,13?,17?/m1/s1. The number of thioether (sulfide) groups is 1. The van der Waals surface area contributed by atoms with Gasteiger partial charge in [0.2, 0.25) is 17.7 Å². The van der Waals surface area contributed by atoms with E-state index in [1.165, 1.54) is 4.90 Å². The van der Waals surface area contributed by atoms with E-state index in [0.717, 1.165) is 12.8 Å². The molecule has 0 aromatic heterocycles. The first-order chi connectivity index (χ1) is 11.8. The van der Waals surface area contributed by atoms with Gasteiger partial charge in [-0.2, -0.15) is 0 Å². The number of rotatable bonds is 5. The second kappa shape index (κ2) is 6.46. The van der Waals surface area contributed by atoms with Crippen LogP contribution in [0, 0.1) is 11.8 Å². The van der Waals surface area contributed by atoms with Gasteiger partial charge in [0, 0.05) is 18.3 Å². The van der Waals surface area contributed by atoms with Crippen molar-refractivity contribution in [3.05, 3.63) is 0 Å². The van der Waals surface area contributed by atoms with Crippen molar-refractivity contribution < 1.29 is 19.5 Å². The van der Waals surface area contributed by atoms with E-state index in [-0.39, 0.29) is 35.6 Å². The average molecular weight is 369 g/mol. The Bertz CT molecular complexity index is 598. The molecular weight excluding hydrogens is 342 g/mol. The molecule has 3 N–H and O–H groups in total. The van der Waals surface area contributed by atoms with Crippen LogP contribution < -0.4 is 10.6 Å². The Kier molecular flexibility index (Phi) is 4.79. The predicted molar refractivity (Wildman–Crippen MR) is 94.9 cm³/mol. The van der Waals surface area contributed by atoms with Gasteiger partial charge >= 0.3 is 0 Å². The zero-order chi connectivity index (χ0) is 18.5. The van der Waals surface area contributed by atoms with Gasteiger partial charge in [0.15, 0.2) is 0 Å². The lowest BCUT2D eigenvalue weighted by Crippen LogP contribution is -2.57. The third kappa shape index (κ3) is 2.56. The van der Waals surface area contributed by atoms with Crippen molar-refractivity contribution in [1.82, 2.24) is 15.5 Å². The number of aliphatic hydroxyl groups is 1. The Morgan fingerprint density at radius 1 is 1.36 bits per heavy atom. The second-order valence-corrected chi connectivity index (χ2v) is 9.21. The van der Waals surface area contributed by atoms with Crippen LogP contribution in [0.3, 0.4) is 0 Å². The highest BCUT2D eigenvalue weighted by Crippen LogP contribution is 2.66. The van der Waals surface area contributed by atoms with Crippen molar-refractivity contribution >= 4 is 29.5 Å². The largest absolute Gasteiger partial charge is 0.394 e. The van der Waals surface area contributed by atoms with Crippen molar-refractivity contribution in [2.24, 2.45) is 11.8 Å². The number of aliphatic hydroxyl groups excluding tert-OH is 1. The van der Waals surface area contributed by atoms with E-state index in [1.807, 2.05) is 13.8 Å². The lowest BCUT2D eigenvalue weighted by molar-refractivity contribution is -0.142. The molecule has 3 saturated heterocycles. The van der Waals surface area contributed by atoms with Gasteiger partial charge in [-0.25, -0.2) is 0 Å². The lowest BCUT2D eigenvalue weighted by Gasteiger charge is -2.36. The number of carbonyl (C=O) groups is 3. The minimum Gasteiger partial charge on any atom is -0.394 e. The van der Waals surface area contributed by atoms with Crippen LogP contribution in [0.25, 0.3) is 0 Å². The van der Waals surface area contributed by atoms with Crippen LogP contribution in [0.15, 0.2) is 0 Å². The fraction of sp³-hybridized carbons (Fsp3) is 0.824. The monoisotopic (exact) mass is 369 g/mol. The molecule has 0 saturated carbocycles. The van der Waals surface area contributed by atoms with Crippen molar-refractivity contribution in [1.29, 1.82) is 0 Å². The number of hydrogen-bond acceptors (Lipinski definition) is 5. The average Bonchev–Trinajstić information content (AvgIpc) is 3.20. The van der Waals surface area contributed by atoms with E-state index in [9.17, 15) is 19.5 Å². The number of amides is 3. The van der Waals surface area contributed by atoms with Gasteiger partial charge in [0.1, 0.15) is 6.04 Å². The van der Waals surface area contributed by atoms with Crippen LogP contribution in [-0.2, 0) is 14.4 Å². The van der Waals surface area contributed by atoms with Gasteiger partial charge in [0.25, 0.3) is 0 Å². The highest BCUT2D eigenvalue weighted by molar-refractivity contribution is 8.02. The minimum atomic E-state index is -0.640. The molecule has 3 aliphatic rings. The molecular formula is C17H27N3O4S. The van der Waals surface area contributed by atoms with Crippen LogP contribution in [0.2, 0.25) is 0 Å². The van der Waals surface area contributed by atoms with Gasteiger partial charge in [-0.1, -0.05) is 0 Å². The lowest BCUT2D eigenvalue weighted by atomic mass is 9.70. The van der Waals surface area contributed by atoms with Gasteiger partial charge in [-0.05, 0) is 33.6 Å². The van der Waals surface area contributed by atoms with Crippen LogP contribution in [0.4, 0.5) is 0 Å². The first-order valence-electron chi connectivity index (χ1n) is 8.91. The highest BCUT2D eigenvalue weighted by Gasteiger charge is 2.73. The van der Waals surface area contributed by atoms with Gasteiger partial charge in [-0.15, -0.1) is 11.8 Å². The summed E-state index contributed by atoms with van der Waals surface area (Å²) in [6.45, 7) is 5.31. The van der Waals surface area contributed by atoms with Crippen LogP contribution >= 0.6 is 11.8 Å². The summed E-state index contributed by atoms with van der Waals surface area (Å²) >= 11 is 1.63. The quantitative estimate of drug-likeness (QED) is 0.620. The molecule has 3 amide bonds. The molecule has 8 heteroatoms. The summed E-state index contributed by atoms with van der Waals surface area (Å²) in [6.07, 6.45) is 1.58. The number of carbonyl (C=O) groups excluding carboxylic acids is 3. The molecule has 0 aliphatic carbocycles. The smallest absolute Gasteiger partial charge is 0.244 e. The Balaban J connectivity index is 2.04. The molecule has 6 atom stereocenters. The summed E-state index contributed by atoms with van der Waals surface area (Å²) in [5, 5.41) is 15.3. The van der Waals surface area contributed by atoms with E-state index in [2.05, 4.69) is 10.6 Å². The summed E-state index contributed by atoms with van der Waals surface area (Å²) in [7, 11) is 1.59. The minimum absolute atomic E-state index is 0.0392. The molecule has 1 spiro atoms. The molecule has 0 aromatic carbocycles.